The van der Waals surface area contributed by atoms with Gasteiger partial charge >= 0.3 is 0 Å². The van der Waals surface area contributed by atoms with Gasteiger partial charge in [0.2, 0.25) is 0 Å². The Morgan fingerprint density at radius 3 is 2.63 bits per heavy atom. The number of rotatable bonds is 5. The summed E-state index contributed by atoms with van der Waals surface area (Å²) >= 11 is 3.42. The van der Waals surface area contributed by atoms with Gasteiger partial charge in [-0.05, 0) is 35.9 Å². The van der Waals surface area contributed by atoms with Gasteiger partial charge in [-0.2, -0.15) is 0 Å². The SMILES string of the molecule is C#CCOc1cc(Br)c(/C=C2/C(=O)NN(c3ccccc3)C2=O)cc1OC. The zero-order chi connectivity index (χ0) is 19.4. The number of ether oxygens (including phenoxy) is 2. The van der Waals surface area contributed by atoms with Crippen molar-refractivity contribution in [2.75, 3.05) is 18.7 Å². The lowest BCUT2D eigenvalue weighted by atomic mass is 10.1. The first-order chi connectivity index (χ1) is 13.0. The largest absolute Gasteiger partial charge is 0.493 e. The Morgan fingerprint density at radius 2 is 1.96 bits per heavy atom. The lowest BCUT2D eigenvalue weighted by Gasteiger charge is -2.14. The minimum Gasteiger partial charge on any atom is -0.493 e. The molecule has 1 aliphatic rings. The van der Waals surface area contributed by atoms with Crippen molar-refractivity contribution in [3.8, 4) is 23.8 Å². The molecule has 0 aliphatic carbocycles. The molecule has 136 valence electrons. The van der Waals surface area contributed by atoms with Crippen molar-refractivity contribution in [3.05, 3.63) is 58.1 Å². The van der Waals surface area contributed by atoms with E-state index in [0.717, 1.165) is 0 Å². The molecule has 0 unspecified atom stereocenters. The third-order valence-electron chi connectivity index (χ3n) is 3.80. The van der Waals surface area contributed by atoms with Crippen LogP contribution in [0.5, 0.6) is 11.5 Å². The lowest BCUT2D eigenvalue weighted by Crippen LogP contribution is -2.35. The molecule has 1 N–H and O–H groups in total. The zero-order valence-corrected chi connectivity index (χ0v) is 15.9. The third-order valence-corrected chi connectivity index (χ3v) is 4.49. The second-order valence-electron chi connectivity index (χ2n) is 5.49. The number of hydrogen-bond acceptors (Lipinski definition) is 4. The molecule has 0 bridgehead atoms. The van der Waals surface area contributed by atoms with Gasteiger partial charge in [0, 0.05) is 4.47 Å². The molecule has 0 saturated carbocycles. The van der Waals surface area contributed by atoms with Crippen LogP contribution in [0.4, 0.5) is 5.69 Å². The fourth-order valence-electron chi connectivity index (χ4n) is 2.52. The second kappa shape index (κ2) is 7.98. The van der Waals surface area contributed by atoms with E-state index in [1.54, 1.807) is 36.4 Å². The van der Waals surface area contributed by atoms with Crippen LogP contribution in [0.2, 0.25) is 0 Å². The van der Waals surface area contributed by atoms with Gasteiger partial charge in [0.25, 0.3) is 11.8 Å². The first kappa shape index (κ1) is 18.5. The first-order valence-corrected chi connectivity index (χ1v) is 8.70. The summed E-state index contributed by atoms with van der Waals surface area (Å²) in [5.41, 5.74) is 3.74. The van der Waals surface area contributed by atoms with Crippen LogP contribution < -0.4 is 19.9 Å². The number of amides is 2. The molecule has 1 fully saturated rings. The minimum atomic E-state index is -0.484. The van der Waals surface area contributed by atoms with E-state index in [1.165, 1.54) is 18.2 Å². The fraction of sp³-hybridized carbons (Fsp3) is 0.100. The molecule has 1 saturated heterocycles. The van der Waals surface area contributed by atoms with E-state index in [2.05, 4.69) is 27.3 Å². The van der Waals surface area contributed by atoms with E-state index in [0.29, 0.717) is 27.2 Å². The molecule has 0 atom stereocenters. The predicted molar refractivity (Wildman–Crippen MR) is 105 cm³/mol. The van der Waals surface area contributed by atoms with Gasteiger partial charge in [-0.1, -0.05) is 40.0 Å². The average molecular weight is 427 g/mol. The summed E-state index contributed by atoms with van der Waals surface area (Å²) in [6.45, 7) is 0.0934. The number of halogens is 1. The molecule has 2 aromatic rings. The van der Waals surface area contributed by atoms with E-state index in [-0.39, 0.29) is 12.2 Å². The summed E-state index contributed by atoms with van der Waals surface area (Å²) in [5, 5.41) is 1.21. The van der Waals surface area contributed by atoms with Gasteiger partial charge in [0.05, 0.1) is 12.8 Å². The van der Waals surface area contributed by atoms with E-state index < -0.39 is 11.8 Å². The summed E-state index contributed by atoms with van der Waals surface area (Å²) < 4.78 is 11.4. The molecule has 0 spiro atoms. The van der Waals surface area contributed by atoms with Crippen LogP contribution in [0.1, 0.15) is 5.56 Å². The van der Waals surface area contributed by atoms with Crippen LogP contribution in [-0.4, -0.2) is 25.5 Å². The van der Waals surface area contributed by atoms with Crippen LogP contribution >= 0.6 is 15.9 Å². The Balaban J connectivity index is 1.95. The molecule has 3 rings (SSSR count). The van der Waals surface area contributed by atoms with Crippen LogP contribution in [0.25, 0.3) is 6.08 Å². The fourth-order valence-corrected chi connectivity index (χ4v) is 2.96. The summed E-state index contributed by atoms with van der Waals surface area (Å²) in [7, 11) is 1.49. The summed E-state index contributed by atoms with van der Waals surface area (Å²) in [6.07, 6.45) is 6.71. The van der Waals surface area contributed by atoms with Crippen LogP contribution in [-0.2, 0) is 9.59 Å². The highest BCUT2D eigenvalue weighted by molar-refractivity contribution is 9.10. The molecular formula is C20H15BrN2O4. The van der Waals surface area contributed by atoms with Crippen LogP contribution in [0.15, 0.2) is 52.5 Å². The first-order valence-electron chi connectivity index (χ1n) is 7.91. The molecule has 0 aromatic heterocycles. The van der Waals surface area contributed by atoms with Gasteiger partial charge in [0.15, 0.2) is 11.5 Å². The highest BCUT2D eigenvalue weighted by Crippen LogP contribution is 2.35. The van der Waals surface area contributed by atoms with Crippen molar-refractivity contribution in [2.45, 2.75) is 0 Å². The summed E-state index contributed by atoms with van der Waals surface area (Å²) in [6, 6.07) is 12.2. The van der Waals surface area contributed by atoms with Crippen LogP contribution in [0.3, 0.4) is 0 Å². The van der Waals surface area contributed by atoms with Gasteiger partial charge in [-0.25, -0.2) is 5.01 Å². The Bertz CT molecular complexity index is 964. The summed E-state index contributed by atoms with van der Waals surface area (Å²) in [5.74, 6) is 2.35. The molecule has 6 nitrogen and oxygen atoms in total. The summed E-state index contributed by atoms with van der Waals surface area (Å²) in [4.78, 5) is 25.0. The van der Waals surface area contributed by atoms with Crippen LogP contribution in [0, 0.1) is 12.3 Å². The maximum Gasteiger partial charge on any atom is 0.282 e. The predicted octanol–water partition coefficient (Wildman–Crippen LogP) is 2.93. The van der Waals surface area contributed by atoms with Crippen molar-refractivity contribution in [1.82, 2.24) is 5.43 Å². The number of methoxy groups -OCH3 is 1. The minimum absolute atomic E-state index is 0.0129. The molecule has 27 heavy (non-hydrogen) atoms. The normalized spacial score (nSPS) is 14.9. The molecular weight excluding hydrogens is 412 g/mol. The van der Waals surface area contributed by atoms with E-state index >= 15 is 0 Å². The lowest BCUT2D eigenvalue weighted by molar-refractivity contribution is -0.117. The molecule has 1 aliphatic heterocycles. The molecule has 0 radical (unpaired) electrons. The zero-order valence-electron chi connectivity index (χ0n) is 14.4. The highest BCUT2D eigenvalue weighted by atomic mass is 79.9. The van der Waals surface area contributed by atoms with Crippen molar-refractivity contribution >= 4 is 39.5 Å². The molecule has 2 amide bonds. The Morgan fingerprint density at radius 1 is 1.22 bits per heavy atom. The Hall–Kier alpha value is -3.24. The Kier molecular flexibility index (Phi) is 5.48. The number of nitrogens with one attached hydrogen (secondary N) is 1. The molecule has 1 heterocycles. The number of para-hydroxylation sites is 1. The molecule has 2 aromatic carbocycles. The highest BCUT2D eigenvalue weighted by Gasteiger charge is 2.34. The molecule has 7 heteroatoms. The number of hydrogen-bond donors (Lipinski definition) is 1. The van der Waals surface area contributed by atoms with Gasteiger partial charge in [-0.15, -0.1) is 6.42 Å². The van der Waals surface area contributed by atoms with Crippen molar-refractivity contribution in [1.29, 1.82) is 0 Å². The monoisotopic (exact) mass is 426 g/mol. The van der Waals surface area contributed by atoms with E-state index in [9.17, 15) is 9.59 Å². The van der Waals surface area contributed by atoms with Crippen molar-refractivity contribution in [3.63, 3.8) is 0 Å². The van der Waals surface area contributed by atoms with Gasteiger partial charge in [0.1, 0.15) is 12.2 Å². The number of hydrazine groups is 1. The smallest absolute Gasteiger partial charge is 0.282 e. The number of terminal acetylenes is 1. The van der Waals surface area contributed by atoms with Gasteiger partial charge in [-0.3, -0.25) is 15.0 Å². The van der Waals surface area contributed by atoms with E-state index in [1.807, 2.05) is 6.07 Å². The Labute approximate surface area is 164 Å². The number of carbonyl (C=O) groups is 2. The number of benzene rings is 2. The second-order valence-corrected chi connectivity index (χ2v) is 6.35. The number of nitrogens with zero attached hydrogens (tertiary/aromatic N) is 1. The number of anilines is 1. The third kappa shape index (κ3) is 3.81. The maximum atomic E-state index is 12.7. The standard InChI is InChI=1S/C20H15BrN2O4/c1-3-9-27-18-12-16(21)13(11-17(18)26-2)10-15-19(24)22-23(20(15)25)14-7-5-4-6-8-14/h1,4-8,10-12H,9H2,2H3,(H,22,24)/b15-10-. The number of carbonyl (C=O) groups excluding carboxylic acids is 2. The quantitative estimate of drug-likeness (QED) is 0.453. The maximum absolute atomic E-state index is 12.7. The topological polar surface area (TPSA) is 67.9 Å². The average Bonchev–Trinajstić information content (AvgIpc) is 2.96. The van der Waals surface area contributed by atoms with Crippen molar-refractivity contribution < 1.29 is 19.1 Å². The van der Waals surface area contributed by atoms with Gasteiger partial charge < -0.3 is 9.47 Å². The van der Waals surface area contributed by atoms with Crippen molar-refractivity contribution in [2.24, 2.45) is 0 Å². The van der Waals surface area contributed by atoms with E-state index in [4.69, 9.17) is 15.9 Å².